The van der Waals surface area contributed by atoms with Crippen LogP contribution in [0.3, 0.4) is 0 Å². The van der Waals surface area contributed by atoms with Gasteiger partial charge in [0, 0.05) is 26.2 Å². The smallest absolute Gasteiger partial charge is 0.300 e. The number of nitro groups is 1. The van der Waals surface area contributed by atoms with Crippen LogP contribution in [0.5, 0.6) is 0 Å². The molecule has 0 fully saturated rings. The standard InChI is InChI=1S/C12H18N4O3/c1-4-6-15(3)12(17)9-7-11(13-5-2)14-8-10(9)16(18)19/h7-8H,4-6H2,1-3H3,(H,13,14). The molecule has 1 amide bonds. The van der Waals surface area contributed by atoms with E-state index in [1.807, 2.05) is 13.8 Å². The molecule has 0 saturated carbocycles. The van der Waals surface area contributed by atoms with E-state index in [0.717, 1.165) is 12.6 Å². The summed E-state index contributed by atoms with van der Waals surface area (Å²) in [6.07, 6.45) is 1.91. The van der Waals surface area contributed by atoms with E-state index in [9.17, 15) is 14.9 Å². The Balaban J connectivity index is 3.16. The van der Waals surface area contributed by atoms with Gasteiger partial charge in [0.15, 0.2) is 0 Å². The van der Waals surface area contributed by atoms with Gasteiger partial charge >= 0.3 is 0 Å². The van der Waals surface area contributed by atoms with Crippen LogP contribution >= 0.6 is 0 Å². The van der Waals surface area contributed by atoms with Crippen LogP contribution in [0, 0.1) is 10.1 Å². The Morgan fingerprint density at radius 3 is 2.74 bits per heavy atom. The molecule has 1 aromatic rings. The molecule has 0 saturated heterocycles. The summed E-state index contributed by atoms with van der Waals surface area (Å²) in [6, 6.07) is 1.43. The van der Waals surface area contributed by atoms with E-state index < -0.39 is 4.92 Å². The molecule has 1 rings (SSSR count). The highest BCUT2D eigenvalue weighted by atomic mass is 16.6. The van der Waals surface area contributed by atoms with Crippen LogP contribution in [0.15, 0.2) is 12.3 Å². The molecule has 0 aliphatic rings. The topological polar surface area (TPSA) is 88.4 Å². The Hall–Kier alpha value is -2.18. The molecule has 7 heteroatoms. The minimum Gasteiger partial charge on any atom is -0.370 e. The molecule has 104 valence electrons. The Bertz CT molecular complexity index is 476. The second kappa shape index (κ2) is 6.67. The van der Waals surface area contributed by atoms with Crippen LogP contribution in [0.4, 0.5) is 11.5 Å². The summed E-state index contributed by atoms with van der Waals surface area (Å²) in [5, 5.41) is 13.9. The lowest BCUT2D eigenvalue weighted by Crippen LogP contribution is -2.28. The normalized spacial score (nSPS) is 10.1. The van der Waals surface area contributed by atoms with Gasteiger partial charge in [-0.05, 0) is 13.3 Å². The first-order chi connectivity index (χ1) is 9.01. The van der Waals surface area contributed by atoms with Crippen molar-refractivity contribution in [3.8, 4) is 0 Å². The van der Waals surface area contributed by atoms with Crippen LogP contribution in [-0.4, -0.2) is 40.9 Å². The van der Waals surface area contributed by atoms with Crippen molar-refractivity contribution < 1.29 is 9.72 Å². The molecule has 0 radical (unpaired) electrons. The molecular formula is C12H18N4O3. The van der Waals surface area contributed by atoms with Crippen molar-refractivity contribution in [2.24, 2.45) is 0 Å². The zero-order valence-corrected chi connectivity index (χ0v) is 11.3. The predicted molar refractivity (Wildman–Crippen MR) is 72.3 cm³/mol. The monoisotopic (exact) mass is 266 g/mol. The van der Waals surface area contributed by atoms with Gasteiger partial charge < -0.3 is 10.2 Å². The summed E-state index contributed by atoms with van der Waals surface area (Å²) < 4.78 is 0. The Morgan fingerprint density at radius 2 is 2.21 bits per heavy atom. The van der Waals surface area contributed by atoms with Crippen molar-refractivity contribution in [2.45, 2.75) is 20.3 Å². The molecule has 0 aromatic carbocycles. The first-order valence-corrected chi connectivity index (χ1v) is 6.15. The molecule has 0 aliphatic carbocycles. The zero-order chi connectivity index (χ0) is 14.4. The summed E-state index contributed by atoms with van der Waals surface area (Å²) in [5.41, 5.74) is -0.207. The van der Waals surface area contributed by atoms with Gasteiger partial charge in [-0.25, -0.2) is 4.98 Å². The van der Waals surface area contributed by atoms with Crippen molar-refractivity contribution >= 4 is 17.4 Å². The summed E-state index contributed by atoms with van der Waals surface area (Å²) in [7, 11) is 1.63. The fraction of sp³-hybridized carbons (Fsp3) is 0.500. The summed E-state index contributed by atoms with van der Waals surface area (Å²) in [6.45, 7) is 5.00. The van der Waals surface area contributed by atoms with Gasteiger partial charge in [0.2, 0.25) is 0 Å². The van der Waals surface area contributed by atoms with Gasteiger partial charge in [-0.15, -0.1) is 0 Å². The SMILES string of the molecule is CCCN(C)C(=O)c1cc(NCC)ncc1[N+](=O)[O-]. The number of hydrogen-bond donors (Lipinski definition) is 1. The third-order valence-electron chi connectivity index (χ3n) is 2.57. The van der Waals surface area contributed by atoms with Crippen molar-refractivity contribution in [2.75, 3.05) is 25.5 Å². The van der Waals surface area contributed by atoms with Gasteiger partial charge in [0.25, 0.3) is 11.6 Å². The summed E-state index contributed by atoms with van der Waals surface area (Å²) in [4.78, 5) is 27.9. The second-order valence-electron chi connectivity index (χ2n) is 4.10. The van der Waals surface area contributed by atoms with Gasteiger partial charge in [-0.2, -0.15) is 0 Å². The number of anilines is 1. The maximum absolute atomic E-state index is 12.2. The van der Waals surface area contributed by atoms with Gasteiger partial charge in [0.1, 0.15) is 17.6 Å². The molecule has 0 bridgehead atoms. The summed E-state index contributed by atoms with van der Waals surface area (Å²) >= 11 is 0. The molecule has 0 atom stereocenters. The molecule has 19 heavy (non-hydrogen) atoms. The fourth-order valence-electron chi connectivity index (χ4n) is 1.69. The molecule has 1 aromatic heterocycles. The zero-order valence-electron chi connectivity index (χ0n) is 11.3. The summed E-state index contributed by atoms with van der Waals surface area (Å²) in [5.74, 6) is 0.0939. The largest absolute Gasteiger partial charge is 0.370 e. The second-order valence-corrected chi connectivity index (χ2v) is 4.10. The fourth-order valence-corrected chi connectivity index (χ4v) is 1.69. The molecule has 0 aliphatic heterocycles. The van der Waals surface area contributed by atoms with E-state index in [2.05, 4.69) is 10.3 Å². The maximum atomic E-state index is 12.2. The highest BCUT2D eigenvalue weighted by Crippen LogP contribution is 2.21. The van der Waals surface area contributed by atoms with Crippen LogP contribution < -0.4 is 5.32 Å². The predicted octanol–water partition coefficient (Wildman–Crippen LogP) is 1.90. The number of nitrogens with zero attached hydrogens (tertiary/aromatic N) is 3. The molecule has 7 nitrogen and oxygen atoms in total. The maximum Gasteiger partial charge on any atom is 0.300 e. The molecule has 1 heterocycles. The van der Waals surface area contributed by atoms with E-state index in [1.54, 1.807) is 7.05 Å². The number of hydrogen-bond acceptors (Lipinski definition) is 5. The molecule has 0 unspecified atom stereocenters. The molecule has 0 spiro atoms. The van der Waals surface area contributed by atoms with Gasteiger partial charge in [0.05, 0.1) is 4.92 Å². The number of carbonyl (C=O) groups excluding carboxylic acids is 1. The lowest BCUT2D eigenvalue weighted by molar-refractivity contribution is -0.385. The first kappa shape index (κ1) is 14.9. The molecule has 1 N–H and O–H groups in total. The van der Waals surface area contributed by atoms with Crippen LogP contribution in [0.1, 0.15) is 30.6 Å². The van der Waals surface area contributed by atoms with Gasteiger partial charge in [-0.3, -0.25) is 14.9 Å². The Kier molecular flexibility index (Phi) is 5.23. The van der Waals surface area contributed by atoms with Crippen LogP contribution in [-0.2, 0) is 0 Å². The van der Waals surface area contributed by atoms with E-state index in [-0.39, 0.29) is 17.2 Å². The van der Waals surface area contributed by atoms with Crippen molar-refractivity contribution in [3.63, 3.8) is 0 Å². The van der Waals surface area contributed by atoms with Crippen LogP contribution in [0.2, 0.25) is 0 Å². The number of nitrogens with one attached hydrogen (secondary N) is 1. The number of carbonyl (C=O) groups is 1. The number of rotatable bonds is 6. The number of amides is 1. The lowest BCUT2D eigenvalue weighted by atomic mass is 10.2. The van der Waals surface area contributed by atoms with Crippen LogP contribution in [0.25, 0.3) is 0 Å². The minimum absolute atomic E-state index is 0.0619. The van der Waals surface area contributed by atoms with Crippen molar-refractivity contribution in [3.05, 3.63) is 27.9 Å². The lowest BCUT2D eigenvalue weighted by Gasteiger charge is -2.16. The minimum atomic E-state index is -0.588. The van der Waals surface area contributed by atoms with E-state index >= 15 is 0 Å². The number of pyridine rings is 1. The highest BCUT2D eigenvalue weighted by Gasteiger charge is 2.23. The Labute approximate surface area is 111 Å². The Morgan fingerprint density at radius 1 is 1.53 bits per heavy atom. The van der Waals surface area contributed by atoms with E-state index in [0.29, 0.717) is 18.9 Å². The van der Waals surface area contributed by atoms with Crippen molar-refractivity contribution in [1.82, 2.24) is 9.88 Å². The average Bonchev–Trinajstić information content (AvgIpc) is 2.38. The van der Waals surface area contributed by atoms with E-state index in [1.165, 1.54) is 11.0 Å². The first-order valence-electron chi connectivity index (χ1n) is 6.15. The van der Waals surface area contributed by atoms with E-state index in [4.69, 9.17) is 0 Å². The highest BCUT2D eigenvalue weighted by molar-refractivity contribution is 5.98. The third kappa shape index (κ3) is 3.64. The third-order valence-corrected chi connectivity index (χ3v) is 2.57. The average molecular weight is 266 g/mol. The van der Waals surface area contributed by atoms with Gasteiger partial charge in [-0.1, -0.05) is 6.92 Å². The van der Waals surface area contributed by atoms with Crippen molar-refractivity contribution in [1.29, 1.82) is 0 Å². The number of aromatic nitrogens is 1. The molecular weight excluding hydrogens is 248 g/mol. The quantitative estimate of drug-likeness (QED) is 0.627.